The molecule has 12 heteroatoms. The Labute approximate surface area is 244 Å². The van der Waals surface area contributed by atoms with Crippen LogP contribution in [0.25, 0.3) is 10.9 Å². The highest BCUT2D eigenvalue weighted by Crippen LogP contribution is 2.33. The minimum atomic E-state index is -4.42. The molecule has 3 aromatic rings. The fraction of sp³-hybridized carbons (Fsp3) is 0.467. The lowest BCUT2D eigenvalue weighted by atomic mass is 9.90. The Morgan fingerprint density at radius 1 is 1.05 bits per heavy atom. The van der Waals surface area contributed by atoms with Gasteiger partial charge in [0.1, 0.15) is 12.3 Å². The van der Waals surface area contributed by atoms with Crippen molar-refractivity contribution >= 4 is 32.3 Å². The summed E-state index contributed by atoms with van der Waals surface area (Å²) in [5.41, 5.74) is 2.02. The Morgan fingerprint density at radius 3 is 2.45 bits per heavy atom. The molecule has 2 aromatic carbocycles. The standard InChI is InChI=1S/C30H36F3N5O3S/c1-41-29-19-24(42(34,39)40)13-14-27(29)35-15-5-6-23-18-25-26(7-4-8-28(25)38(23)20-30(31,32)33)36-21-9-11-22(12-10-21)37-16-2-3-17-37/h4,7-8,13-14,18-19,21-22,35-36H,2-3,9-12,15-17,20H2,1H3,(H2,34,39,40)/t21-,22-. The van der Waals surface area contributed by atoms with Gasteiger partial charge in [-0.1, -0.05) is 12.0 Å². The van der Waals surface area contributed by atoms with Crippen LogP contribution >= 0.6 is 0 Å². The number of ether oxygens (including phenoxy) is 1. The van der Waals surface area contributed by atoms with Gasteiger partial charge in [0.25, 0.3) is 0 Å². The van der Waals surface area contributed by atoms with E-state index in [4.69, 9.17) is 9.88 Å². The monoisotopic (exact) mass is 603 g/mol. The summed E-state index contributed by atoms with van der Waals surface area (Å²) >= 11 is 0. The predicted octanol–water partition coefficient (Wildman–Crippen LogP) is 5.14. The molecule has 0 spiro atoms. The fourth-order valence-corrected chi connectivity index (χ4v) is 6.57. The lowest BCUT2D eigenvalue weighted by molar-refractivity contribution is -0.140. The average molecular weight is 604 g/mol. The summed E-state index contributed by atoms with van der Waals surface area (Å²) in [5.74, 6) is 6.04. The Hall–Kier alpha value is -3.40. The Bertz CT molecular complexity index is 1580. The second kappa shape index (κ2) is 12.5. The third-order valence-corrected chi connectivity index (χ3v) is 8.99. The predicted molar refractivity (Wildman–Crippen MR) is 158 cm³/mol. The number of hydrogen-bond donors (Lipinski definition) is 3. The van der Waals surface area contributed by atoms with Crippen molar-refractivity contribution in [3.63, 3.8) is 0 Å². The van der Waals surface area contributed by atoms with E-state index < -0.39 is 22.7 Å². The number of rotatable bonds is 8. The van der Waals surface area contributed by atoms with Gasteiger partial charge in [-0.25, -0.2) is 13.6 Å². The molecule has 0 atom stereocenters. The summed E-state index contributed by atoms with van der Waals surface area (Å²) < 4.78 is 70.5. The molecular formula is C30H36F3N5O3S. The van der Waals surface area contributed by atoms with Crippen molar-refractivity contribution in [1.82, 2.24) is 9.47 Å². The van der Waals surface area contributed by atoms with E-state index in [2.05, 4.69) is 27.4 Å². The number of methoxy groups -OCH3 is 1. The quantitative estimate of drug-likeness (QED) is 0.308. The van der Waals surface area contributed by atoms with Crippen LogP contribution in [0.3, 0.4) is 0 Å². The Kier molecular flexibility index (Phi) is 8.92. The van der Waals surface area contributed by atoms with Crippen molar-refractivity contribution in [2.75, 3.05) is 37.4 Å². The third kappa shape index (κ3) is 7.14. The molecule has 0 amide bonds. The van der Waals surface area contributed by atoms with Gasteiger partial charge in [0.05, 0.1) is 35.4 Å². The number of fused-ring (bicyclic) bond motifs is 1. The molecule has 1 aliphatic heterocycles. The van der Waals surface area contributed by atoms with Crippen LogP contribution in [0.5, 0.6) is 5.75 Å². The number of hydrogen-bond acceptors (Lipinski definition) is 6. The smallest absolute Gasteiger partial charge is 0.406 e. The maximum absolute atomic E-state index is 13.6. The summed E-state index contributed by atoms with van der Waals surface area (Å²) in [6, 6.07) is 12.1. The first-order chi connectivity index (χ1) is 20.0. The van der Waals surface area contributed by atoms with Crippen molar-refractivity contribution in [2.45, 2.75) is 68.2 Å². The largest absolute Gasteiger partial charge is 0.495 e. The number of nitrogens with zero attached hydrogens (tertiary/aromatic N) is 2. The molecule has 2 heterocycles. The zero-order chi connectivity index (χ0) is 29.9. The van der Waals surface area contributed by atoms with Gasteiger partial charge in [0.2, 0.25) is 10.0 Å². The number of benzene rings is 2. The van der Waals surface area contributed by atoms with Crippen LogP contribution in [0.1, 0.15) is 44.2 Å². The molecule has 8 nitrogen and oxygen atoms in total. The summed E-state index contributed by atoms with van der Waals surface area (Å²) in [6.45, 7) is 1.31. The SMILES string of the molecule is COc1cc(S(N)(=O)=O)ccc1NCC#Cc1cc2c(N[C@H]3CC[C@H](N4CCCC4)CC3)cccc2n1CC(F)(F)F. The first kappa shape index (κ1) is 30.1. The molecule has 1 saturated carbocycles. The third-order valence-electron chi connectivity index (χ3n) is 8.08. The maximum Gasteiger partial charge on any atom is 0.406 e. The zero-order valence-corrected chi connectivity index (χ0v) is 24.3. The van der Waals surface area contributed by atoms with E-state index >= 15 is 0 Å². The van der Waals surface area contributed by atoms with Crippen molar-refractivity contribution in [1.29, 1.82) is 0 Å². The Balaban J connectivity index is 1.34. The van der Waals surface area contributed by atoms with E-state index in [1.165, 1.54) is 55.8 Å². The maximum atomic E-state index is 13.6. The van der Waals surface area contributed by atoms with E-state index in [1.807, 2.05) is 6.07 Å². The molecule has 1 aromatic heterocycles. The number of anilines is 2. The zero-order valence-electron chi connectivity index (χ0n) is 23.5. The highest BCUT2D eigenvalue weighted by molar-refractivity contribution is 7.89. The number of aromatic nitrogens is 1. The van der Waals surface area contributed by atoms with E-state index in [0.29, 0.717) is 22.6 Å². The van der Waals surface area contributed by atoms with Gasteiger partial charge in [-0.2, -0.15) is 13.2 Å². The van der Waals surface area contributed by atoms with Gasteiger partial charge < -0.3 is 24.8 Å². The van der Waals surface area contributed by atoms with E-state index in [9.17, 15) is 21.6 Å². The number of nitrogens with one attached hydrogen (secondary N) is 2. The molecule has 5 rings (SSSR count). The fourth-order valence-electron chi connectivity index (χ4n) is 6.04. The van der Waals surface area contributed by atoms with Gasteiger partial charge in [-0.05, 0) is 87.9 Å². The number of nitrogens with two attached hydrogens (primary N) is 1. The van der Waals surface area contributed by atoms with Crippen LogP contribution in [-0.2, 0) is 16.6 Å². The van der Waals surface area contributed by atoms with Gasteiger partial charge >= 0.3 is 6.18 Å². The molecule has 1 saturated heterocycles. The average Bonchev–Trinajstić information content (AvgIpc) is 3.60. The van der Waals surface area contributed by atoms with Crippen LogP contribution in [0.15, 0.2) is 47.4 Å². The molecular weight excluding hydrogens is 567 g/mol. The van der Waals surface area contributed by atoms with Crippen molar-refractivity contribution in [3.8, 4) is 17.6 Å². The molecule has 226 valence electrons. The van der Waals surface area contributed by atoms with E-state index in [0.717, 1.165) is 31.4 Å². The Morgan fingerprint density at radius 2 is 1.79 bits per heavy atom. The van der Waals surface area contributed by atoms with Gasteiger partial charge in [-0.3, -0.25) is 0 Å². The highest BCUT2D eigenvalue weighted by Gasteiger charge is 2.31. The van der Waals surface area contributed by atoms with Gasteiger partial charge in [-0.15, -0.1) is 0 Å². The first-order valence-electron chi connectivity index (χ1n) is 14.1. The summed E-state index contributed by atoms with van der Waals surface area (Å²) in [5, 5.41) is 12.5. The van der Waals surface area contributed by atoms with Crippen LogP contribution in [0.2, 0.25) is 0 Å². The topological polar surface area (TPSA) is 102 Å². The molecule has 0 radical (unpaired) electrons. The lowest BCUT2D eigenvalue weighted by Gasteiger charge is -2.35. The molecule has 0 unspecified atom stereocenters. The van der Waals surface area contributed by atoms with Crippen LogP contribution < -0.4 is 20.5 Å². The highest BCUT2D eigenvalue weighted by atomic mass is 32.2. The van der Waals surface area contributed by atoms with Crippen molar-refractivity contribution in [2.24, 2.45) is 5.14 Å². The number of sulfonamides is 1. The normalized spacial score (nSPS) is 19.8. The molecule has 42 heavy (non-hydrogen) atoms. The minimum absolute atomic E-state index is 0.0873. The van der Waals surface area contributed by atoms with Crippen molar-refractivity contribution < 1.29 is 26.3 Å². The van der Waals surface area contributed by atoms with Crippen molar-refractivity contribution in [3.05, 3.63) is 48.2 Å². The number of likely N-dealkylation sites (tertiary alicyclic amines) is 1. The lowest BCUT2D eigenvalue weighted by Crippen LogP contribution is -2.38. The van der Waals surface area contributed by atoms with Crippen LogP contribution in [0, 0.1) is 11.8 Å². The molecule has 0 bridgehead atoms. The molecule has 4 N–H and O–H groups in total. The van der Waals surface area contributed by atoms with Crippen LogP contribution in [-0.4, -0.2) is 62.9 Å². The minimum Gasteiger partial charge on any atom is -0.495 e. The number of alkyl halides is 3. The second-order valence-corrected chi connectivity index (χ2v) is 12.5. The first-order valence-corrected chi connectivity index (χ1v) is 15.7. The van der Waals surface area contributed by atoms with Crippen LogP contribution in [0.4, 0.5) is 24.5 Å². The number of primary sulfonamides is 1. The summed E-state index contributed by atoms with van der Waals surface area (Å²) in [6.07, 6.45) is 2.44. The molecule has 1 aliphatic carbocycles. The van der Waals surface area contributed by atoms with Gasteiger partial charge in [0, 0.05) is 29.2 Å². The molecule has 2 fully saturated rings. The summed E-state index contributed by atoms with van der Waals surface area (Å²) in [4.78, 5) is 2.50. The second-order valence-electron chi connectivity index (χ2n) is 10.9. The van der Waals surface area contributed by atoms with Gasteiger partial charge in [0.15, 0.2) is 0 Å². The summed E-state index contributed by atoms with van der Waals surface area (Å²) in [7, 11) is -2.51. The molecule has 2 aliphatic rings. The number of halogens is 3. The van der Waals surface area contributed by atoms with E-state index in [1.54, 1.807) is 18.2 Å². The van der Waals surface area contributed by atoms with E-state index in [-0.39, 0.29) is 28.9 Å².